The molecule has 1 aromatic heterocycles. The Labute approximate surface area is 79.9 Å². The SMILES string of the molecule is CNCc1c(C(C)(C)C)n[nH]c1C. The van der Waals surface area contributed by atoms with E-state index in [0.29, 0.717) is 0 Å². The topological polar surface area (TPSA) is 40.7 Å². The lowest BCUT2D eigenvalue weighted by atomic mass is 9.89. The van der Waals surface area contributed by atoms with Crippen molar-refractivity contribution < 1.29 is 0 Å². The number of hydrogen-bond donors (Lipinski definition) is 2. The third-order valence-electron chi connectivity index (χ3n) is 2.14. The first-order valence-corrected chi connectivity index (χ1v) is 4.65. The summed E-state index contributed by atoms with van der Waals surface area (Å²) in [6.45, 7) is 9.50. The Bertz CT molecular complexity index is 281. The fourth-order valence-corrected chi connectivity index (χ4v) is 1.47. The van der Waals surface area contributed by atoms with Crippen LogP contribution in [0, 0.1) is 6.92 Å². The van der Waals surface area contributed by atoms with Crippen LogP contribution >= 0.6 is 0 Å². The largest absolute Gasteiger partial charge is 0.316 e. The van der Waals surface area contributed by atoms with Gasteiger partial charge in [0.15, 0.2) is 0 Å². The molecule has 1 heterocycles. The van der Waals surface area contributed by atoms with E-state index in [1.807, 2.05) is 7.05 Å². The van der Waals surface area contributed by atoms with E-state index < -0.39 is 0 Å². The Morgan fingerprint density at radius 2 is 2.00 bits per heavy atom. The lowest BCUT2D eigenvalue weighted by molar-refractivity contribution is 0.557. The average Bonchev–Trinajstić information content (AvgIpc) is 2.32. The third kappa shape index (κ3) is 2.10. The summed E-state index contributed by atoms with van der Waals surface area (Å²) < 4.78 is 0. The number of rotatable bonds is 2. The van der Waals surface area contributed by atoms with Crippen LogP contribution in [0.1, 0.15) is 37.7 Å². The molecule has 0 atom stereocenters. The first-order valence-electron chi connectivity index (χ1n) is 4.65. The molecule has 0 saturated carbocycles. The second-order valence-electron chi connectivity index (χ2n) is 4.46. The summed E-state index contributed by atoms with van der Waals surface area (Å²) in [6.07, 6.45) is 0. The van der Waals surface area contributed by atoms with Crippen molar-refractivity contribution in [3.05, 3.63) is 17.0 Å². The van der Waals surface area contributed by atoms with E-state index in [2.05, 4.69) is 43.2 Å². The highest BCUT2D eigenvalue weighted by Crippen LogP contribution is 2.25. The van der Waals surface area contributed by atoms with Crippen LogP contribution in [0.5, 0.6) is 0 Å². The van der Waals surface area contributed by atoms with Gasteiger partial charge in [-0.25, -0.2) is 0 Å². The molecule has 2 N–H and O–H groups in total. The van der Waals surface area contributed by atoms with E-state index in [0.717, 1.165) is 6.54 Å². The molecule has 0 fully saturated rings. The summed E-state index contributed by atoms with van der Waals surface area (Å²) in [4.78, 5) is 0. The van der Waals surface area contributed by atoms with Crippen molar-refractivity contribution in [3.63, 3.8) is 0 Å². The third-order valence-corrected chi connectivity index (χ3v) is 2.14. The van der Waals surface area contributed by atoms with Crippen molar-refractivity contribution >= 4 is 0 Å². The van der Waals surface area contributed by atoms with Gasteiger partial charge in [0.2, 0.25) is 0 Å². The zero-order valence-electron chi connectivity index (χ0n) is 9.15. The highest BCUT2D eigenvalue weighted by Gasteiger charge is 2.21. The van der Waals surface area contributed by atoms with Crippen molar-refractivity contribution in [2.75, 3.05) is 7.05 Å². The van der Waals surface area contributed by atoms with Gasteiger partial charge < -0.3 is 5.32 Å². The fourth-order valence-electron chi connectivity index (χ4n) is 1.47. The molecule has 0 unspecified atom stereocenters. The quantitative estimate of drug-likeness (QED) is 0.729. The van der Waals surface area contributed by atoms with Crippen LogP contribution in [0.2, 0.25) is 0 Å². The summed E-state index contributed by atoms with van der Waals surface area (Å²) in [7, 11) is 1.96. The van der Waals surface area contributed by atoms with Gasteiger partial charge in [0.05, 0.1) is 5.69 Å². The van der Waals surface area contributed by atoms with Crippen LogP contribution in [0.25, 0.3) is 0 Å². The average molecular weight is 181 g/mol. The Morgan fingerprint density at radius 3 is 2.46 bits per heavy atom. The zero-order valence-corrected chi connectivity index (χ0v) is 9.15. The van der Waals surface area contributed by atoms with Crippen LogP contribution in [0.4, 0.5) is 0 Å². The number of aromatic amines is 1. The molecule has 0 bridgehead atoms. The molecule has 1 rings (SSSR count). The van der Waals surface area contributed by atoms with Gasteiger partial charge in [-0.2, -0.15) is 5.10 Å². The van der Waals surface area contributed by atoms with Crippen molar-refractivity contribution in [1.82, 2.24) is 15.5 Å². The number of nitrogens with one attached hydrogen (secondary N) is 2. The minimum absolute atomic E-state index is 0.122. The lowest BCUT2D eigenvalue weighted by Crippen LogP contribution is -2.17. The van der Waals surface area contributed by atoms with Gasteiger partial charge in [-0.3, -0.25) is 5.10 Å². The van der Waals surface area contributed by atoms with Crippen molar-refractivity contribution in [2.45, 2.75) is 39.7 Å². The predicted molar refractivity (Wildman–Crippen MR) is 54.8 cm³/mol. The number of aromatic nitrogens is 2. The maximum Gasteiger partial charge on any atom is 0.0723 e. The molecule has 0 aromatic carbocycles. The molecule has 1 aromatic rings. The Balaban J connectivity index is 3.07. The van der Waals surface area contributed by atoms with Gasteiger partial charge in [0.1, 0.15) is 0 Å². The number of nitrogens with zero attached hydrogens (tertiary/aromatic N) is 1. The summed E-state index contributed by atoms with van der Waals surface area (Å²) in [5.74, 6) is 0. The van der Waals surface area contributed by atoms with E-state index >= 15 is 0 Å². The Morgan fingerprint density at radius 1 is 1.38 bits per heavy atom. The molecule has 0 aliphatic carbocycles. The van der Waals surface area contributed by atoms with Crippen LogP contribution < -0.4 is 5.32 Å². The molecule has 0 aliphatic rings. The molecule has 0 radical (unpaired) electrons. The van der Waals surface area contributed by atoms with E-state index in [9.17, 15) is 0 Å². The molecule has 74 valence electrons. The van der Waals surface area contributed by atoms with Crippen LogP contribution in [-0.2, 0) is 12.0 Å². The molecule has 3 heteroatoms. The first kappa shape index (κ1) is 10.3. The second-order valence-corrected chi connectivity index (χ2v) is 4.46. The van der Waals surface area contributed by atoms with Gasteiger partial charge in [-0.05, 0) is 14.0 Å². The predicted octanol–water partition coefficient (Wildman–Crippen LogP) is 1.74. The maximum absolute atomic E-state index is 4.34. The Hall–Kier alpha value is -0.830. The number of hydrogen-bond acceptors (Lipinski definition) is 2. The van der Waals surface area contributed by atoms with Crippen LogP contribution in [0.3, 0.4) is 0 Å². The molecule has 3 nitrogen and oxygen atoms in total. The highest BCUT2D eigenvalue weighted by molar-refractivity contribution is 5.29. The van der Waals surface area contributed by atoms with Crippen molar-refractivity contribution in [1.29, 1.82) is 0 Å². The van der Waals surface area contributed by atoms with Gasteiger partial charge >= 0.3 is 0 Å². The first-order chi connectivity index (χ1) is 5.96. The van der Waals surface area contributed by atoms with Crippen LogP contribution in [-0.4, -0.2) is 17.2 Å². The van der Waals surface area contributed by atoms with Gasteiger partial charge in [0.25, 0.3) is 0 Å². The second kappa shape index (κ2) is 3.50. The molecule has 0 aliphatic heterocycles. The molecule has 0 saturated heterocycles. The maximum atomic E-state index is 4.34. The van der Waals surface area contributed by atoms with E-state index in [4.69, 9.17) is 0 Å². The molecular weight excluding hydrogens is 162 g/mol. The van der Waals surface area contributed by atoms with Crippen LogP contribution in [0.15, 0.2) is 0 Å². The minimum atomic E-state index is 0.122. The molecule has 13 heavy (non-hydrogen) atoms. The number of aryl methyl sites for hydroxylation is 1. The van der Waals surface area contributed by atoms with E-state index in [-0.39, 0.29) is 5.41 Å². The Kier molecular flexibility index (Phi) is 2.76. The molecule has 0 spiro atoms. The van der Waals surface area contributed by atoms with E-state index in [1.54, 1.807) is 0 Å². The van der Waals surface area contributed by atoms with Gasteiger partial charge in [-0.1, -0.05) is 20.8 Å². The fraction of sp³-hybridized carbons (Fsp3) is 0.700. The van der Waals surface area contributed by atoms with Crippen molar-refractivity contribution in [2.24, 2.45) is 0 Å². The summed E-state index contributed by atoms with van der Waals surface area (Å²) in [5.41, 5.74) is 3.75. The molecular formula is C10H19N3. The smallest absolute Gasteiger partial charge is 0.0723 e. The summed E-state index contributed by atoms with van der Waals surface area (Å²) in [5, 5.41) is 10.5. The standard InChI is InChI=1S/C10H19N3/c1-7-8(6-11-5)9(13-12-7)10(2,3)4/h11H,6H2,1-5H3,(H,12,13). The highest BCUT2D eigenvalue weighted by atomic mass is 15.1. The summed E-state index contributed by atoms with van der Waals surface area (Å²) in [6, 6.07) is 0. The minimum Gasteiger partial charge on any atom is -0.316 e. The summed E-state index contributed by atoms with van der Waals surface area (Å²) >= 11 is 0. The van der Waals surface area contributed by atoms with Crippen molar-refractivity contribution in [3.8, 4) is 0 Å². The monoisotopic (exact) mass is 181 g/mol. The van der Waals surface area contributed by atoms with Gasteiger partial charge in [-0.15, -0.1) is 0 Å². The van der Waals surface area contributed by atoms with Gasteiger partial charge in [0, 0.05) is 23.2 Å². The zero-order chi connectivity index (χ0) is 10.1. The normalized spacial score (nSPS) is 12.1. The number of H-pyrrole nitrogens is 1. The van der Waals surface area contributed by atoms with E-state index in [1.165, 1.54) is 17.0 Å². The lowest BCUT2D eigenvalue weighted by Gasteiger charge is -2.17. The molecule has 0 amide bonds.